The molecular formula is C33H40FN3O. The number of rotatable bonds is 13. The van der Waals surface area contributed by atoms with Crippen LogP contribution in [0.15, 0.2) is 85.1 Å². The van der Waals surface area contributed by atoms with Gasteiger partial charge in [-0.2, -0.15) is 0 Å². The first-order valence-electron chi connectivity index (χ1n) is 13.9. The van der Waals surface area contributed by atoms with E-state index < -0.39 is 0 Å². The predicted molar refractivity (Wildman–Crippen MR) is 155 cm³/mol. The van der Waals surface area contributed by atoms with Crippen LogP contribution in [-0.2, 0) is 11.3 Å². The van der Waals surface area contributed by atoms with Gasteiger partial charge >= 0.3 is 0 Å². The number of hydrogen-bond donors (Lipinski definition) is 1. The minimum absolute atomic E-state index is 0.0477. The van der Waals surface area contributed by atoms with Gasteiger partial charge in [0.15, 0.2) is 0 Å². The molecule has 0 bridgehead atoms. The minimum atomic E-state index is -0.388. The number of para-hydroxylation sites is 1. The lowest BCUT2D eigenvalue weighted by atomic mass is 9.87. The van der Waals surface area contributed by atoms with E-state index in [0.717, 1.165) is 48.9 Å². The van der Waals surface area contributed by atoms with E-state index in [0.29, 0.717) is 12.1 Å². The molecule has 0 radical (unpaired) electrons. The third-order valence-electron chi connectivity index (χ3n) is 7.47. The Balaban J connectivity index is 1.59. The summed E-state index contributed by atoms with van der Waals surface area (Å²) in [6.45, 7) is 10.2. The lowest BCUT2D eigenvalue weighted by molar-refractivity contribution is -0.121. The molecule has 0 aliphatic rings. The minimum Gasteiger partial charge on any atom is -0.354 e. The van der Waals surface area contributed by atoms with Crippen molar-refractivity contribution in [2.45, 2.75) is 58.5 Å². The average Bonchev–Trinajstić information content (AvgIpc) is 3.29. The first-order chi connectivity index (χ1) is 18.5. The van der Waals surface area contributed by atoms with Crippen molar-refractivity contribution in [3.8, 4) is 0 Å². The summed E-state index contributed by atoms with van der Waals surface area (Å²) >= 11 is 0. The topological polar surface area (TPSA) is 37.3 Å². The Kier molecular flexibility index (Phi) is 9.72. The summed E-state index contributed by atoms with van der Waals surface area (Å²) in [4.78, 5) is 15.7. The Morgan fingerprint density at radius 2 is 1.61 bits per heavy atom. The Morgan fingerprint density at radius 3 is 2.34 bits per heavy atom. The second-order valence-electron chi connectivity index (χ2n) is 10.1. The van der Waals surface area contributed by atoms with Crippen LogP contribution < -0.4 is 5.32 Å². The summed E-state index contributed by atoms with van der Waals surface area (Å²) in [6.07, 6.45) is 4.26. The largest absolute Gasteiger partial charge is 0.354 e. The zero-order valence-electron chi connectivity index (χ0n) is 22.9. The normalized spacial score (nSPS) is 13.1. The van der Waals surface area contributed by atoms with Crippen LogP contribution in [0.2, 0.25) is 0 Å². The van der Waals surface area contributed by atoms with Gasteiger partial charge in [-0.15, -0.1) is 0 Å². The number of halogens is 1. The number of nitrogens with one attached hydrogen (secondary N) is 1. The van der Waals surface area contributed by atoms with Gasteiger partial charge in [-0.25, -0.2) is 4.39 Å². The number of hydrogen-bond acceptors (Lipinski definition) is 2. The number of fused-ring (bicyclic) bond motifs is 1. The van der Waals surface area contributed by atoms with Crippen molar-refractivity contribution < 1.29 is 9.18 Å². The predicted octanol–water partition coefficient (Wildman–Crippen LogP) is 6.98. The van der Waals surface area contributed by atoms with Gasteiger partial charge in [0.05, 0.1) is 0 Å². The highest BCUT2D eigenvalue weighted by atomic mass is 19.1. The van der Waals surface area contributed by atoms with Crippen LogP contribution in [0, 0.1) is 5.82 Å². The van der Waals surface area contributed by atoms with Gasteiger partial charge in [0.2, 0.25) is 5.91 Å². The van der Waals surface area contributed by atoms with Crippen molar-refractivity contribution >= 4 is 16.8 Å². The quantitative estimate of drug-likeness (QED) is 0.209. The van der Waals surface area contributed by atoms with Crippen LogP contribution in [0.5, 0.6) is 0 Å². The van der Waals surface area contributed by atoms with Crippen molar-refractivity contribution in [2.24, 2.45) is 0 Å². The summed E-state index contributed by atoms with van der Waals surface area (Å²) in [6, 6.07) is 25.4. The van der Waals surface area contributed by atoms with E-state index in [-0.39, 0.29) is 30.1 Å². The Hall–Kier alpha value is -3.44. The van der Waals surface area contributed by atoms with E-state index in [1.807, 2.05) is 42.5 Å². The summed E-state index contributed by atoms with van der Waals surface area (Å²) in [5, 5.41) is 4.24. The molecule has 0 unspecified atom stereocenters. The lowest BCUT2D eigenvalue weighted by Gasteiger charge is -2.21. The van der Waals surface area contributed by atoms with Gasteiger partial charge in [0.25, 0.3) is 0 Å². The molecule has 0 aliphatic carbocycles. The fourth-order valence-corrected chi connectivity index (χ4v) is 5.36. The van der Waals surface area contributed by atoms with Gasteiger partial charge in [0, 0.05) is 42.0 Å². The summed E-state index contributed by atoms with van der Waals surface area (Å²) in [5.74, 6) is -0.716. The van der Waals surface area contributed by atoms with Crippen molar-refractivity contribution in [3.05, 3.63) is 108 Å². The third-order valence-corrected chi connectivity index (χ3v) is 7.47. The number of nitrogens with zero attached hydrogens (tertiary/aromatic N) is 2. The molecule has 1 aromatic heterocycles. The molecule has 200 valence electrons. The fourth-order valence-electron chi connectivity index (χ4n) is 5.36. The first kappa shape index (κ1) is 27.6. The van der Waals surface area contributed by atoms with Crippen LogP contribution in [0.3, 0.4) is 0 Å². The molecule has 0 saturated heterocycles. The number of carbonyl (C=O) groups excluding carboxylic acids is 1. The van der Waals surface area contributed by atoms with Gasteiger partial charge in [-0.1, -0.05) is 80.6 Å². The standard InChI is InChI=1S/C33H40FN3O/c1-4-36(5-2)21-13-14-25(3)35-33(38)22-29(27-17-9-11-19-31(27)34)30-24-37(23-26-15-7-6-8-16-26)32-20-12-10-18-28(30)32/h6-12,15-20,24-25,29H,4-5,13-14,21-23H2,1-3H3,(H,35,38)/t25-,29+/m1/s1. The third kappa shape index (κ3) is 6.90. The highest BCUT2D eigenvalue weighted by Crippen LogP contribution is 2.36. The van der Waals surface area contributed by atoms with Gasteiger partial charge in [-0.3, -0.25) is 4.79 Å². The molecule has 4 aromatic rings. The first-order valence-corrected chi connectivity index (χ1v) is 13.9. The Morgan fingerprint density at radius 1 is 0.921 bits per heavy atom. The molecule has 1 heterocycles. The highest BCUT2D eigenvalue weighted by Gasteiger charge is 2.25. The van der Waals surface area contributed by atoms with Crippen LogP contribution >= 0.6 is 0 Å². The molecule has 2 atom stereocenters. The second-order valence-corrected chi connectivity index (χ2v) is 10.1. The number of amides is 1. The van der Waals surface area contributed by atoms with E-state index in [9.17, 15) is 4.79 Å². The van der Waals surface area contributed by atoms with E-state index >= 15 is 4.39 Å². The number of carbonyl (C=O) groups is 1. The lowest BCUT2D eigenvalue weighted by Crippen LogP contribution is -2.34. The van der Waals surface area contributed by atoms with Crippen molar-refractivity contribution in [1.29, 1.82) is 0 Å². The fraction of sp³-hybridized carbons (Fsp3) is 0.364. The molecular weight excluding hydrogens is 473 g/mol. The van der Waals surface area contributed by atoms with Crippen molar-refractivity contribution in [2.75, 3.05) is 19.6 Å². The molecule has 0 spiro atoms. The van der Waals surface area contributed by atoms with E-state index in [1.54, 1.807) is 6.07 Å². The number of aromatic nitrogens is 1. The second kappa shape index (κ2) is 13.4. The Labute approximate surface area is 226 Å². The van der Waals surface area contributed by atoms with E-state index in [4.69, 9.17) is 0 Å². The maximum Gasteiger partial charge on any atom is 0.221 e. The van der Waals surface area contributed by atoms with Crippen LogP contribution in [0.4, 0.5) is 4.39 Å². The molecule has 5 heteroatoms. The summed E-state index contributed by atoms with van der Waals surface area (Å²) < 4.78 is 17.4. The van der Waals surface area contributed by atoms with Crippen LogP contribution in [-0.4, -0.2) is 41.1 Å². The number of benzene rings is 3. The summed E-state index contributed by atoms with van der Waals surface area (Å²) in [7, 11) is 0. The van der Waals surface area contributed by atoms with Gasteiger partial charge in [0.1, 0.15) is 5.82 Å². The maximum absolute atomic E-state index is 15.2. The van der Waals surface area contributed by atoms with Crippen LogP contribution in [0.25, 0.3) is 10.9 Å². The average molecular weight is 514 g/mol. The molecule has 1 N–H and O–H groups in total. The smallest absolute Gasteiger partial charge is 0.221 e. The molecule has 1 amide bonds. The molecule has 0 saturated carbocycles. The Bertz CT molecular complexity index is 1310. The van der Waals surface area contributed by atoms with Crippen molar-refractivity contribution in [1.82, 2.24) is 14.8 Å². The highest BCUT2D eigenvalue weighted by molar-refractivity contribution is 5.87. The SMILES string of the molecule is CCN(CC)CCC[C@@H](C)NC(=O)C[C@@H](c1ccccc1F)c1cn(Cc2ccccc2)c2ccccc12. The summed E-state index contributed by atoms with van der Waals surface area (Å²) in [5.41, 5.74) is 3.81. The van der Waals surface area contributed by atoms with Crippen molar-refractivity contribution in [3.63, 3.8) is 0 Å². The van der Waals surface area contributed by atoms with Gasteiger partial charge < -0.3 is 14.8 Å². The maximum atomic E-state index is 15.2. The molecule has 0 fully saturated rings. The molecule has 0 aliphatic heterocycles. The van der Waals surface area contributed by atoms with E-state index in [2.05, 4.69) is 66.0 Å². The van der Waals surface area contributed by atoms with Gasteiger partial charge in [-0.05, 0) is 68.2 Å². The zero-order chi connectivity index (χ0) is 26.9. The molecule has 38 heavy (non-hydrogen) atoms. The monoisotopic (exact) mass is 513 g/mol. The molecule has 4 rings (SSSR count). The van der Waals surface area contributed by atoms with Crippen LogP contribution in [0.1, 0.15) is 62.6 Å². The van der Waals surface area contributed by atoms with E-state index in [1.165, 1.54) is 11.6 Å². The molecule has 3 aromatic carbocycles. The molecule has 4 nitrogen and oxygen atoms in total. The zero-order valence-corrected chi connectivity index (χ0v) is 22.9.